The number of aromatic nitrogens is 3. The Hall–Kier alpha value is -2.69. The predicted octanol–water partition coefficient (Wildman–Crippen LogP) is 2.91. The summed E-state index contributed by atoms with van der Waals surface area (Å²) in [7, 11) is 0. The Labute approximate surface area is 122 Å². The second kappa shape index (κ2) is 5.36. The number of ether oxygens (including phenoxy) is 1. The molecule has 0 amide bonds. The molecule has 0 spiro atoms. The Morgan fingerprint density at radius 2 is 1.95 bits per heavy atom. The minimum Gasteiger partial charge on any atom is -0.460 e. The second-order valence-electron chi connectivity index (χ2n) is 4.65. The number of fused-ring (bicyclic) bond motifs is 1. The molecule has 2 aromatic carbocycles. The van der Waals surface area contributed by atoms with Crippen LogP contribution in [0.15, 0.2) is 42.5 Å². The predicted molar refractivity (Wildman–Crippen MR) is 79.6 cm³/mol. The SMILES string of the molecule is CCOC(=O)c1nc(C)nn1-c1ccc2ccccc2c1. The molecule has 3 aromatic rings. The summed E-state index contributed by atoms with van der Waals surface area (Å²) in [4.78, 5) is 16.1. The van der Waals surface area contributed by atoms with Crippen LogP contribution in [-0.2, 0) is 4.74 Å². The number of hydrogen-bond acceptors (Lipinski definition) is 4. The minimum atomic E-state index is -0.466. The van der Waals surface area contributed by atoms with Gasteiger partial charge in [-0.1, -0.05) is 30.3 Å². The third-order valence-corrected chi connectivity index (χ3v) is 3.15. The van der Waals surface area contributed by atoms with E-state index in [0.717, 1.165) is 16.5 Å². The number of rotatable bonds is 3. The molecule has 0 aliphatic rings. The molecule has 106 valence electrons. The molecule has 5 nitrogen and oxygen atoms in total. The van der Waals surface area contributed by atoms with Crippen LogP contribution in [0.1, 0.15) is 23.4 Å². The van der Waals surface area contributed by atoms with Crippen LogP contribution in [-0.4, -0.2) is 27.3 Å². The zero-order chi connectivity index (χ0) is 14.8. The Morgan fingerprint density at radius 1 is 1.19 bits per heavy atom. The number of hydrogen-bond donors (Lipinski definition) is 0. The highest BCUT2D eigenvalue weighted by Crippen LogP contribution is 2.19. The van der Waals surface area contributed by atoms with E-state index in [2.05, 4.69) is 10.1 Å². The molecule has 0 unspecified atom stereocenters. The van der Waals surface area contributed by atoms with Crippen molar-refractivity contribution in [2.45, 2.75) is 13.8 Å². The molecule has 0 fully saturated rings. The second-order valence-corrected chi connectivity index (χ2v) is 4.65. The van der Waals surface area contributed by atoms with Gasteiger partial charge in [0, 0.05) is 0 Å². The summed E-state index contributed by atoms with van der Waals surface area (Å²) in [6.07, 6.45) is 0. The van der Waals surface area contributed by atoms with E-state index in [-0.39, 0.29) is 5.82 Å². The van der Waals surface area contributed by atoms with Crippen molar-refractivity contribution in [1.82, 2.24) is 14.8 Å². The maximum atomic E-state index is 12.0. The first-order valence-corrected chi connectivity index (χ1v) is 6.79. The first kappa shape index (κ1) is 13.3. The van der Waals surface area contributed by atoms with Gasteiger partial charge in [0.15, 0.2) is 0 Å². The van der Waals surface area contributed by atoms with Crippen LogP contribution in [0.3, 0.4) is 0 Å². The van der Waals surface area contributed by atoms with E-state index >= 15 is 0 Å². The molecular weight excluding hydrogens is 266 g/mol. The molecule has 5 heteroatoms. The zero-order valence-electron chi connectivity index (χ0n) is 11.9. The zero-order valence-corrected chi connectivity index (χ0v) is 11.9. The lowest BCUT2D eigenvalue weighted by Gasteiger charge is -2.06. The summed E-state index contributed by atoms with van der Waals surface area (Å²) in [5, 5.41) is 6.51. The van der Waals surface area contributed by atoms with Gasteiger partial charge in [-0.25, -0.2) is 14.5 Å². The molecule has 1 aromatic heterocycles. The van der Waals surface area contributed by atoms with E-state index in [1.54, 1.807) is 13.8 Å². The van der Waals surface area contributed by atoms with Crippen LogP contribution in [0.4, 0.5) is 0 Å². The van der Waals surface area contributed by atoms with Crippen molar-refractivity contribution in [1.29, 1.82) is 0 Å². The molecule has 3 rings (SSSR count). The number of carbonyl (C=O) groups is 1. The van der Waals surface area contributed by atoms with Crippen molar-refractivity contribution in [2.24, 2.45) is 0 Å². The van der Waals surface area contributed by atoms with E-state index in [1.165, 1.54) is 4.68 Å². The first-order chi connectivity index (χ1) is 10.2. The van der Waals surface area contributed by atoms with Crippen LogP contribution < -0.4 is 0 Å². The first-order valence-electron chi connectivity index (χ1n) is 6.79. The number of carbonyl (C=O) groups excluding carboxylic acids is 1. The lowest BCUT2D eigenvalue weighted by atomic mass is 10.1. The van der Waals surface area contributed by atoms with Crippen LogP contribution in [0.2, 0.25) is 0 Å². The van der Waals surface area contributed by atoms with E-state index in [4.69, 9.17) is 4.74 Å². The van der Waals surface area contributed by atoms with Crippen molar-refractivity contribution < 1.29 is 9.53 Å². The molecule has 0 N–H and O–H groups in total. The van der Waals surface area contributed by atoms with Crippen molar-refractivity contribution in [3.05, 3.63) is 54.1 Å². The maximum Gasteiger partial charge on any atom is 0.376 e. The quantitative estimate of drug-likeness (QED) is 0.693. The molecule has 0 aliphatic heterocycles. The summed E-state index contributed by atoms with van der Waals surface area (Å²) in [5.74, 6) is 0.266. The van der Waals surface area contributed by atoms with Gasteiger partial charge in [0.25, 0.3) is 0 Å². The number of nitrogens with zero attached hydrogens (tertiary/aromatic N) is 3. The van der Waals surface area contributed by atoms with Gasteiger partial charge in [-0.2, -0.15) is 5.10 Å². The van der Waals surface area contributed by atoms with Crippen molar-refractivity contribution in [3.8, 4) is 5.69 Å². The average Bonchev–Trinajstić information content (AvgIpc) is 2.89. The highest BCUT2D eigenvalue weighted by atomic mass is 16.5. The minimum absolute atomic E-state index is 0.199. The molecule has 0 atom stereocenters. The molecule has 0 bridgehead atoms. The van der Waals surface area contributed by atoms with Gasteiger partial charge in [-0.05, 0) is 36.8 Å². The summed E-state index contributed by atoms with van der Waals surface area (Å²) in [5.41, 5.74) is 0.789. The third-order valence-electron chi connectivity index (χ3n) is 3.15. The lowest BCUT2D eigenvalue weighted by molar-refractivity contribution is 0.0508. The fourth-order valence-corrected chi connectivity index (χ4v) is 2.23. The van der Waals surface area contributed by atoms with E-state index in [9.17, 15) is 4.79 Å². The Bertz CT molecular complexity index is 808. The smallest absolute Gasteiger partial charge is 0.376 e. The highest BCUT2D eigenvalue weighted by molar-refractivity contribution is 5.87. The Morgan fingerprint density at radius 3 is 2.71 bits per heavy atom. The molecule has 0 radical (unpaired) electrons. The molecule has 1 heterocycles. The standard InChI is InChI=1S/C16H15N3O2/c1-3-21-16(20)15-17-11(2)18-19(15)14-9-8-12-6-4-5-7-13(12)10-14/h4-10H,3H2,1-2H3. The molecule has 0 aliphatic carbocycles. The van der Waals surface area contributed by atoms with Crippen LogP contribution in [0.25, 0.3) is 16.5 Å². The summed E-state index contributed by atoms with van der Waals surface area (Å²) < 4.78 is 6.56. The van der Waals surface area contributed by atoms with Gasteiger partial charge in [-0.3, -0.25) is 0 Å². The van der Waals surface area contributed by atoms with E-state index < -0.39 is 5.97 Å². The van der Waals surface area contributed by atoms with Gasteiger partial charge in [0.2, 0.25) is 5.82 Å². The topological polar surface area (TPSA) is 57.0 Å². The number of esters is 1. The fraction of sp³-hybridized carbons (Fsp3) is 0.188. The van der Waals surface area contributed by atoms with Gasteiger partial charge >= 0.3 is 5.97 Å². The van der Waals surface area contributed by atoms with Crippen LogP contribution in [0.5, 0.6) is 0 Å². The van der Waals surface area contributed by atoms with Crippen LogP contribution in [0, 0.1) is 6.92 Å². The largest absolute Gasteiger partial charge is 0.460 e. The normalized spacial score (nSPS) is 10.8. The Kier molecular flexibility index (Phi) is 3.39. The van der Waals surface area contributed by atoms with Gasteiger partial charge in [0.1, 0.15) is 5.82 Å². The van der Waals surface area contributed by atoms with E-state index in [1.807, 2.05) is 42.5 Å². The maximum absolute atomic E-state index is 12.0. The average molecular weight is 281 g/mol. The molecule has 0 saturated heterocycles. The highest BCUT2D eigenvalue weighted by Gasteiger charge is 2.18. The van der Waals surface area contributed by atoms with E-state index in [0.29, 0.717) is 12.4 Å². The molecule has 21 heavy (non-hydrogen) atoms. The summed E-state index contributed by atoms with van der Waals surface area (Å²) in [6.45, 7) is 3.82. The molecular formula is C16H15N3O2. The van der Waals surface area contributed by atoms with Crippen molar-refractivity contribution in [2.75, 3.05) is 6.61 Å². The number of aryl methyl sites for hydroxylation is 1. The third kappa shape index (κ3) is 2.50. The van der Waals surface area contributed by atoms with Gasteiger partial charge < -0.3 is 4.74 Å². The van der Waals surface area contributed by atoms with Gasteiger partial charge in [0.05, 0.1) is 12.3 Å². The van der Waals surface area contributed by atoms with Gasteiger partial charge in [-0.15, -0.1) is 0 Å². The van der Waals surface area contributed by atoms with Crippen LogP contribution >= 0.6 is 0 Å². The van der Waals surface area contributed by atoms with Crippen molar-refractivity contribution in [3.63, 3.8) is 0 Å². The number of benzene rings is 2. The Balaban J connectivity index is 2.11. The fourth-order valence-electron chi connectivity index (χ4n) is 2.23. The van der Waals surface area contributed by atoms with Crippen molar-refractivity contribution >= 4 is 16.7 Å². The summed E-state index contributed by atoms with van der Waals surface area (Å²) >= 11 is 0. The monoisotopic (exact) mass is 281 g/mol. The summed E-state index contributed by atoms with van der Waals surface area (Å²) in [6, 6.07) is 13.9. The lowest BCUT2D eigenvalue weighted by Crippen LogP contribution is -2.13. The molecule has 0 saturated carbocycles.